The van der Waals surface area contributed by atoms with Gasteiger partial charge in [0.25, 0.3) is 0 Å². The summed E-state index contributed by atoms with van der Waals surface area (Å²) in [6.45, 7) is 7.39. The van der Waals surface area contributed by atoms with Crippen molar-refractivity contribution in [3.63, 3.8) is 0 Å². The molecule has 2 aromatic carbocycles. The first-order valence-corrected chi connectivity index (χ1v) is 9.09. The second-order valence-corrected chi connectivity index (χ2v) is 6.89. The minimum absolute atomic E-state index is 0.0749. The first kappa shape index (κ1) is 16.6. The monoisotopic (exact) mass is 345 g/mol. The van der Waals surface area contributed by atoms with Crippen molar-refractivity contribution >= 4 is 16.9 Å². The summed E-state index contributed by atoms with van der Waals surface area (Å²) >= 11 is 0. The molecule has 0 spiro atoms. The minimum Gasteiger partial charge on any atom is -0.335 e. The van der Waals surface area contributed by atoms with E-state index < -0.39 is 0 Å². The number of likely N-dealkylation sites (tertiary alicyclic amines) is 1. The van der Waals surface area contributed by atoms with Gasteiger partial charge in [-0.05, 0) is 24.6 Å². The van der Waals surface area contributed by atoms with Crippen LogP contribution < -0.4 is 0 Å². The van der Waals surface area contributed by atoms with E-state index in [2.05, 4.69) is 36.3 Å². The van der Waals surface area contributed by atoms with Crippen LogP contribution in [0, 0.1) is 0 Å². The molecule has 0 aliphatic carbocycles. The first-order valence-electron chi connectivity index (χ1n) is 9.09. The van der Waals surface area contributed by atoms with Crippen molar-refractivity contribution in [2.75, 3.05) is 6.54 Å². The van der Waals surface area contributed by atoms with E-state index in [9.17, 15) is 4.79 Å². The summed E-state index contributed by atoms with van der Waals surface area (Å²) < 4.78 is 2.19. The molecule has 1 aliphatic rings. The van der Waals surface area contributed by atoms with Gasteiger partial charge in [0.05, 0.1) is 17.1 Å². The number of rotatable bonds is 5. The third kappa shape index (κ3) is 2.81. The lowest BCUT2D eigenvalue weighted by Crippen LogP contribution is -2.28. The maximum absolute atomic E-state index is 12.7. The standard InChI is InChI=1S/C22H23N3O/c1-3-13-24-20-12-8-7-11-19(20)23-22(24)18-14-21(26)25(15-18)16(2)17-9-5-4-6-10-17/h3-12,16,18H,1,13-15H2,2H3. The number of fused-ring (bicyclic) bond motifs is 1. The molecule has 1 aliphatic heterocycles. The fourth-order valence-corrected chi connectivity index (χ4v) is 3.92. The van der Waals surface area contributed by atoms with Crippen molar-refractivity contribution in [3.05, 3.63) is 78.6 Å². The van der Waals surface area contributed by atoms with Gasteiger partial charge in [-0.25, -0.2) is 4.98 Å². The smallest absolute Gasteiger partial charge is 0.223 e. The molecule has 2 unspecified atom stereocenters. The molecule has 0 bridgehead atoms. The number of aromatic nitrogens is 2. The SMILES string of the molecule is C=CCn1c(C2CC(=O)N(C(C)c3ccccc3)C2)nc2ccccc21. The van der Waals surface area contributed by atoms with Crippen LogP contribution in [0.5, 0.6) is 0 Å². The lowest BCUT2D eigenvalue weighted by atomic mass is 10.1. The third-order valence-corrected chi connectivity index (χ3v) is 5.27. The normalized spacial score (nSPS) is 18.4. The summed E-state index contributed by atoms with van der Waals surface area (Å²) in [5.74, 6) is 1.30. The maximum Gasteiger partial charge on any atom is 0.223 e. The van der Waals surface area contributed by atoms with Crippen molar-refractivity contribution in [1.29, 1.82) is 0 Å². The van der Waals surface area contributed by atoms with Gasteiger partial charge in [-0.2, -0.15) is 0 Å². The number of nitrogens with zero attached hydrogens (tertiary/aromatic N) is 3. The first-order chi connectivity index (χ1) is 12.7. The molecule has 4 nitrogen and oxygen atoms in total. The summed E-state index contributed by atoms with van der Waals surface area (Å²) in [4.78, 5) is 19.6. The van der Waals surface area contributed by atoms with Crippen LogP contribution in [0.1, 0.15) is 36.7 Å². The molecule has 1 aromatic heterocycles. The van der Waals surface area contributed by atoms with Crippen LogP contribution in [0.3, 0.4) is 0 Å². The van der Waals surface area contributed by atoms with E-state index >= 15 is 0 Å². The molecule has 1 saturated heterocycles. The highest BCUT2D eigenvalue weighted by Crippen LogP contribution is 2.34. The third-order valence-electron chi connectivity index (χ3n) is 5.27. The molecular formula is C22H23N3O. The van der Waals surface area contributed by atoms with Gasteiger partial charge < -0.3 is 9.47 Å². The summed E-state index contributed by atoms with van der Waals surface area (Å²) in [6.07, 6.45) is 2.40. The summed E-state index contributed by atoms with van der Waals surface area (Å²) in [7, 11) is 0. The number of hydrogen-bond acceptors (Lipinski definition) is 2. The van der Waals surface area contributed by atoms with Crippen molar-refractivity contribution < 1.29 is 4.79 Å². The van der Waals surface area contributed by atoms with E-state index in [1.807, 2.05) is 47.4 Å². The topological polar surface area (TPSA) is 38.1 Å². The van der Waals surface area contributed by atoms with E-state index in [0.717, 1.165) is 16.9 Å². The van der Waals surface area contributed by atoms with E-state index in [1.165, 1.54) is 5.56 Å². The Hall–Kier alpha value is -2.88. The highest BCUT2D eigenvalue weighted by atomic mass is 16.2. The maximum atomic E-state index is 12.7. The van der Waals surface area contributed by atoms with Gasteiger partial charge in [0, 0.05) is 25.4 Å². The number of amides is 1. The quantitative estimate of drug-likeness (QED) is 0.647. The molecule has 1 fully saturated rings. The Morgan fingerprint density at radius 2 is 1.92 bits per heavy atom. The Kier molecular flexibility index (Phi) is 4.33. The molecule has 1 amide bonds. The number of allylic oxidation sites excluding steroid dienone is 1. The van der Waals surface area contributed by atoms with Gasteiger partial charge in [0.15, 0.2) is 0 Å². The molecule has 0 radical (unpaired) electrons. The predicted molar refractivity (Wildman–Crippen MR) is 104 cm³/mol. The zero-order chi connectivity index (χ0) is 18.1. The van der Waals surface area contributed by atoms with E-state index in [1.54, 1.807) is 0 Å². The Balaban J connectivity index is 1.66. The van der Waals surface area contributed by atoms with Crippen LogP contribution in [-0.4, -0.2) is 26.9 Å². The summed E-state index contributed by atoms with van der Waals surface area (Å²) in [5.41, 5.74) is 3.25. The predicted octanol–water partition coefficient (Wildman–Crippen LogP) is 4.30. The molecule has 26 heavy (non-hydrogen) atoms. The molecule has 0 saturated carbocycles. The van der Waals surface area contributed by atoms with Crippen LogP contribution in [0.4, 0.5) is 0 Å². The van der Waals surface area contributed by atoms with E-state index in [4.69, 9.17) is 4.98 Å². The Labute approximate surface area is 153 Å². The molecular weight excluding hydrogens is 322 g/mol. The Bertz CT molecular complexity index is 944. The van der Waals surface area contributed by atoms with Gasteiger partial charge in [-0.3, -0.25) is 4.79 Å². The van der Waals surface area contributed by atoms with E-state index in [-0.39, 0.29) is 17.9 Å². The second kappa shape index (κ2) is 6.79. The van der Waals surface area contributed by atoms with Crippen LogP contribution in [-0.2, 0) is 11.3 Å². The van der Waals surface area contributed by atoms with E-state index in [0.29, 0.717) is 19.5 Å². The molecule has 2 heterocycles. The summed E-state index contributed by atoms with van der Waals surface area (Å²) in [6, 6.07) is 18.4. The van der Waals surface area contributed by atoms with Gasteiger partial charge in [0.2, 0.25) is 5.91 Å². The van der Waals surface area contributed by atoms with Crippen LogP contribution in [0.25, 0.3) is 11.0 Å². The fraction of sp³-hybridized carbons (Fsp3) is 0.273. The lowest BCUT2D eigenvalue weighted by molar-refractivity contribution is -0.129. The number of imidazole rings is 1. The fourth-order valence-electron chi connectivity index (χ4n) is 3.92. The number of benzene rings is 2. The molecule has 2 atom stereocenters. The molecule has 4 rings (SSSR count). The number of carbonyl (C=O) groups excluding carboxylic acids is 1. The number of carbonyl (C=O) groups is 1. The van der Waals surface area contributed by atoms with Gasteiger partial charge >= 0.3 is 0 Å². The summed E-state index contributed by atoms with van der Waals surface area (Å²) in [5, 5.41) is 0. The Morgan fingerprint density at radius 3 is 2.69 bits per heavy atom. The van der Waals surface area contributed by atoms with Gasteiger partial charge in [-0.15, -0.1) is 6.58 Å². The van der Waals surface area contributed by atoms with Crippen molar-refractivity contribution in [2.45, 2.75) is 31.8 Å². The van der Waals surface area contributed by atoms with Crippen LogP contribution in [0.2, 0.25) is 0 Å². The van der Waals surface area contributed by atoms with Crippen molar-refractivity contribution in [2.24, 2.45) is 0 Å². The second-order valence-electron chi connectivity index (χ2n) is 6.89. The molecule has 132 valence electrons. The largest absolute Gasteiger partial charge is 0.335 e. The highest BCUT2D eigenvalue weighted by molar-refractivity contribution is 5.81. The van der Waals surface area contributed by atoms with Crippen molar-refractivity contribution in [3.8, 4) is 0 Å². The lowest BCUT2D eigenvalue weighted by Gasteiger charge is -2.25. The zero-order valence-corrected chi connectivity index (χ0v) is 15.0. The average Bonchev–Trinajstić information content (AvgIpc) is 3.23. The van der Waals surface area contributed by atoms with Crippen LogP contribution in [0.15, 0.2) is 67.3 Å². The highest BCUT2D eigenvalue weighted by Gasteiger charge is 2.36. The zero-order valence-electron chi connectivity index (χ0n) is 15.0. The van der Waals surface area contributed by atoms with Crippen molar-refractivity contribution in [1.82, 2.24) is 14.5 Å². The molecule has 4 heteroatoms. The molecule has 3 aromatic rings. The number of hydrogen-bond donors (Lipinski definition) is 0. The minimum atomic E-state index is 0.0749. The van der Waals surface area contributed by atoms with Gasteiger partial charge in [-0.1, -0.05) is 48.5 Å². The van der Waals surface area contributed by atoms with Gasteiger partial charge in [0.1, 0.15) is 5.82 Å². The number of para-hydroxylation sites is 2. The Morgan fingerprint density at radius 1 is 1.19 bits per heavy atom. The molecule has 0 N–H and O–H groups in total. The van der Waals surface area contributed by atoms with Crippen LogP contribution >= 0.6 is 0 Å². The average molecular weight is 345 g/mol.